The average molecular weight is 248 g/mol. The van der Waals surface area contributed by atoms with Crippen molar-refractivity contribution < 1.29 is 26.3 Å². The van der Waals surface area contributed by atoms with Gasteiger partial charge in [-0.2, -0.15) is 26.3 Å². The van der Waals surface area contributed by atoms with Gasteiger partial charge in [-0.15, -0.1) is 0 Å². The predicted octanol–water partition coefficient (Wildman–Crippen LogP) is 4.86. The second-order valence-electron chi connectivity index (χ2n) is 3.49. The van der Waals surface area contributed by atoms with Gasteiger partial charge < -0.3 is 0 Å². The van der Waals surface area contributed by atoms with Crippen molar-refractivity contribution in [2.24, 2.45) is 5.92 Å². The Morgan fingerprint density at radius 2 is 1.44 bits per heavy atom. The van der Waals surface area contributed by atoms with Gasteiger partial charge in [0.1, 0.15) is 0 Å². The summed E-state index contributed by atoms with van der Waals surface area (Å²) in [6, 6.07) is 0. The standard InChI is InChI=1S/C10H14F6/c1-2-3-4-5-6-7-8(9(11,12)13)10(14,15)16/h2-3,8H,4-7H2,1H3/b3-2+. The van der Waals surface area contributed by atoms with E-state index in [2.05, 4.69) is 0 Å². The second kappa shape index (κ2) is 6.15. The van der Waals surface area contributed by atoms with E-state index in [9.17, 15) is 26.3 Å². The summed E-state index contributed by atoms with van der Waals surface area (Å²) in [5.41, 5.74) is 0. The lowest BCUT2D eigenvalue weighted by Gasteiger charge is -2.22. The van der Waals surface area contributed by atoms with Gasteiger partial charge in [-0.05, 0) is 26.2 Å². The van der Waals surface area contributed by atoms with Crippen LogP contribution in [0.4, 0.5) is 26.3 Å². The molecule has 0 aromatic rings. The monoisotopic (exact) mass is 248 g/mol. The van der Waals surface area contributed by atoms with Crippen LogP contribution in [0.3, 0.4) is 0 Å². The molecule has 0 aromatic heterocycles. The smallest absolute Gasteiger partial charge is 0.170 e. The summed E-state index contributed by atoms with van der Waals surface area (Å²) in [7, 11) is 0. The average Bonchev–Trinajstić information content (AvgIpc) is 2.06. The molecule has 0 aliphatic carbocycles. The highest BCUT2D eigenvalue weighted by molar-refractivity contribution is 4.78. The predicted molar refractivity (Wildman–Crippen MR) is 48.9 cm³/mol. The van der Waals surface area contributed by atoms with Crippen LogP contribution in [0.1, 0.15) is 32.6 Å². The fourth-order valence-electron chi connectivity index (χ4n) is 1.29. The highest BCUT2D eigenvalue weighted by Crippen LogP contribution is 2.42. The topological polar surface area (TPSA) is 0 Å². The third-order valence-corrected chi connectivity index (χ3v) is 2.14. The van der Waals surface area contributed by atoms with Crippen LogP contribution in [0.5, 0.6) is 0 Å². The molecule has 0 nitrogen and oxygen atoms in total. The molecule has 0 unspecified atom stereocenters. The van der Waals surface area contributed by atoms with E-state index in [0.717, 1.165) is 0 Å². The molecule has 0 bridgehead atoms. The lowest BCUT2D eigenvalue weighted by molar-refractivity contribution is -0.285. The van der Waals surface area contributed by atoms with E-state index in [1.807, 2.05) is 0 Å². The van der Waals surface area contributed by atoms with E-state index in [1.165, 1.54) is 0 Å². The summed E-state index contributed by atoms with van der Waals surface area (Å²) in [4.78, 5) is 0. The van der Waals surface area contributed by atoms with Crippen LogP contribution in [0, 0.1) is 5.92 Å². The molecule has 96 valence electrons. The van der Waals surface area contributed by atoms with Gasteiger partial charge in [-0.1, -0.05) is 18.6 Å². The van der Waals surface area contributed by atoms with E-state index in [1.54, 1.807) is 19.1 Å². The summed E-state index contributed by atoms with van der Waals surface area (Å²) in [6.45, 7) is 1.74. The number of halogens is 6. The van der Waals surface area contributed by atoms with Crippen LogP contribution >= 0.6 is 0 Å². The lowest BCUT2D eigenvalue weighted by Crippen LogP contribution is -2.36. The molecule has 0 aliphatic rings. The van der Waals surface area contributed by atoms with Crippen molar-refractivity contribution in [3.8, 4) is 0 Å². The summed E-state index contributed by atoms with van der Waals surface area (Å²) in [5, 5.41) is 0. The number of hydrogen-bond acceptors (Lipinski definition) is 0. The van der Waals surface area contributed by atoms with Gasteiger partial charge in [0.05, 0.1) is 0 Å². The Kier molecular flexibility index (Phi) is 5.89. The maximum absolute atomic E-state index is 12.1. The van der Waals surface area contributed by atoms with Gasteiger partial charge >= 0.3 is 12.4 Å². The molecular formula is C10H14F6. The number of rotatable bonds is 5. The molecule has 0 aliphatic heterocycles. The van der Waals surface area contributed by atoms with Crippen molar-refractivity contribution >= 4 is 0 Å². The zero-order valence-corrected chi connectivity index (χ0v) is 8.83. The minimum Gasteiger partial charge on any atom is -0.170 e. The fourth-order valence-corrected chi connectivity index (χ4v) is 1.29. The molecular weight excluding hydrogens is 234 g/mol. The molecule has 16 heavy (non-hydrogen) atoms. The van der Waals surface area contributed by atoms with Gasteiger partial charge in [-0.3, -0.25) is 0 Å². The van der Waals surface area contributed by atoms with E-state index in [4.69, 9.17) is 0 Å². The molecule has 0 N–H and O–H groups in total. The Labute approximate surface area is 90.3 Å². The minimum absolute atomic E-state index is 0.0754. The first-order chi connectivity index (χ1) is 7.19. The normalized spacial score (nSPS) is 14.0. The van der Waals surface area contributed by atoms with Gasteiger partial charge in [0.25, 0.3) is 0 Å². The Bertz CT molecular complexity index is 198. The number of unbranched alkanes of at least 4 members (excludes halogenated alkanes) is 2. The van der Waals surface area contributed by atoms with Crippen molar-refractivity contribution in [1.29, 1.82) is 0 Å². The summed E-state index contributed by atoms with van der Waals surface area (Å²) >= 11 is 0. The van der Waals surface area contributed by atoms with Crippen molar-refractivity contribution in [3.05, 3.63) is 12.2 Å². The Balaban J connectivity index is 4.15. The van der Waals surface area contributed by atoms with Crippen LogP contribution in [0.15, 0.2) is 12.2 Å². The van der Waals surface area contributed by atoms with E-state index in [0.29, 0.717) is 12.8 Å². The van der Waals surface area contributed by atoms with Crippen molar-refractivity contribution in [1.82, 2.24) is 0 Å². The van der Waals surface area contributed by atoms with Crippen LogP contribution in [0.2, 0.25) is 0 Å². The molecule has 0 saturated heterocycles. The number of hydrogen-bond donors (Lipinski definition) is 0. The largest absolute Gasteiger partial charge is 0.400 e. The van der Waals surface area contributed by atoms with Crippen LogP contribution in [-0.4, -0.2) is 12.4 Å². The van der Waals surface area contributed by atoms with Gasteiger partial charge in [0.15, 0.2) is 5.92 Å². The van der Waals surface area contributed by atoms with Crippen molar-refractivity contribution in [3.63, 3.8) is 0 Å². The molecule has 0 fully saturated rings. The molecule has 0 heterocycles. The molecule has 0 radical (unpaired) electrons. The Morgan fingerprint density at radius 3 is 1.81 bits per heavy atom. The summed E-state index contributed by atoms with van der Waals surface area (Å²) < 4.78 is 72.3. The molecule has 0 aromatic carbocycles. The van der Waals surface area contributed by atoms with E-state index >= 15 is 0 Å². The molecule has 0 rings (SSSR count). The highest BCUT2D eigenvalue weighted by atomic mass is 19.4. The third-order valence-electron chi connectivity index (χ3n) is 2.14. The minimum atomic E-state index is -5.20. The lowest BCUT2D eigenvalue weighted by atomic mass is 10.00. The maximum Gasteiger partial charge on any atom is 0.400 e. The van der Waals surface area contributed by atoms with Crippen LogP contribution < -0.4 is 0 Å². The Morgan fingerprint density at radius 1 is 0.938 bits per heavy atom. The van der Waals surface area contributed by atoms with Gasteiger partial charge in [0, 0.05) is 0 Å². The molecule has 0 saturated carbocycles. The Hall–Kier alpha value is -0.680. The van der Waals surface area contributed by atoms with Crippen molar-refractivity contribution in [2.45, 2.75) is 45.0 Å². The zero-order valence-electron chi connectivity index (χ0n) is 8.83. The van der Waals surface area contributed by atoms with Crippen LogP contribution in [0.25, 0.3) is 0 Å². The quantitative estimate of drug-likeness (QED) is 0.370. The van der Waals surface area contributed by atoms with Gasteiger partial charge in [0.2, 0.25) is 0 Å². The maximum atomic E-state index is 12.1. The van der Waals surface area contributed by atoms with Crippen molar-refractivity contribution in [2.75, 3.05) is 0 Å². The second-order valence-corrected chi connectivity index (χ2v) is 3.49. The van der Waals surface area contributed by atoms with Crippen LogP contribution in [-0.2, 0) is 0 Å². The summed E-state index contributed by atoms with van der Waals surface area (Å²) in [6.07, 6.45) is -7.07. The first-order valence-electron chi connectivity index (χ1n) is 4.94. The number of alkyl halides is 6. The summed E-state index contributed by atoms with van der Waals surface area (Å²) in [5.74, 6) is -3.19. The van der Waals surface area contributed by atoms with Gasteiger partial charge in [-0.25, -0.2) is 0 Å². The van der Waals surface area contributed by atoms with E-state index in [-0.39, 0.29) is 6.42 Å². The fraction of sp³-hybridized carbons (Fsp3) is 0.800. The molecule has 0 atom stereocenters. The highest BCUT2D eigenvalue weighted by Gasteiger charge is 2.55. The SMILES string of the molecule is C/C=C/CCCCC(C(F)(F)F)C(F)(F)F. The third kappa shape index (κ3) is 6.02. The molecule has 6 heteroatoms. The number of allylic oxidation sites excluding steroid dienone is 2. The molecule has 0 spiro atoms. The first kappa shape index (κ1) is 15.3. The van der Waals surface area contributed by atoms with E-state index < -0.39 is 24.7 Å². The first-order valence-corrected chi connectivity index (χ1v) is 4.94. The molecule has 0 amide bonds. The zero-order chi connectivity index (χ0) is 12.8.